The molecule has 1 aromatic carbocycles. The van der Waals surface area contributed by atoms with Gasteiger partial charge >= 0.3 is 84.3 Å². The SMILES string of the molecule is CCSC#C[Se]c1ccccc1. The second-order valence-electron chi connectivity index (χ2n) is 2.05. The molecule has 0 amide bonds. The molecule has 1 rings (SSSR count). The zero-order valence-corrected chi connectivity index (χ0v) is 9.44. The second-order valence-corrected chi connectivity index (χ2v) is 4.97. The molecular weight excluding hydrogens is 231 g/mol. The van der Waals surface area contributed by atoms with E-state index >= 15 is 0 Å². The molecule has 12 heavy (non-hydrogen) atoms. The van der Waals surface area contributed by atoms with Crippen molar-refractivity contribution in [1.29, 1.82) is 0 Å². The molecule has 0 unspecified atom stereocenters. The van der Waals surface area contributed by atoms with Crippen molar-refractivity contribution in [2.45, 2.75) is 6.92 Å². The molecule has 0 nitrogen and oxygen atoms in total. The molecule has 0 aromatic heterocycles. The van der Waals surface area contributed by atoms with Gasteiger partial charge in [0.15, 0.2) is 0 Å². The first-order chi connectivity index (χ1) is 5.93. The molecule has 0 saturated carbocycles. The van der Waals surface area contributed by atoms with Crippen molar-refractivity contribution in [3.05, 3.63) is 30.3 Å². The van der Waals surface area contributed by atoms with Gasteiger partial charge in [-0.2, -0.15) is 0 Å². The number of hydrogen-bond donors (Lipinski definition) is 0. The van der Waals surface area contributed by atoms with Gasteiger partial charge in [-0.3, -0.25) is 0 Å². The van der Waals surface area contributed by atoms with Crippen molar-refractivity contribution < 1.29 is 0 Å². The minimum absolute atomic E-state index is 0.337. The molecule has 0 aliphatic carbocycles. The quantitative estimate of drug-likeness (QED) is 0.561. The molecule has 0 aliphatic rings. The summed E-state index contributed by atoms with van der Waals surface area (Å²) in [4.78, 5) is 3.18. The number of benzene rings is 1. The van der Waals surface area contributed by atoms with Crippen molar-refractivity contribution >= 4 is 31.2 Å². The summed E-state index contributed by atoms with van der Waals surface area (Å²) < 4.78 is 1.36. The van der Waals surface area contributed by atoms with Crippen LogP contribution in [-0.2, 0) is 0 Å². The molecule has 0 spiro atoms. The van der Waals surface area contributed by atoms with E-state index in [-0.39, 0.29) is 0 Å². The van der Waals surface area contributed by atoms with Gasteiger partial charge in [0.05, 0.1) is 0 Å². The average molecular weight is 241 g/mol. The van der Waals surface area contributed by atoms with Crippen LogP contribution in [-0.4, -0.2) is 20.7 Å². The Morgan fingerprint density at radius 3 is 2.75 bits per heavy atom. The molecule has 1 aromatic rings. The Bertz CT molecular complexity index is 271. The standard InChI is InChI=1S/C10H10SSe/c1-2-11-8-9-12-10-6-4-3-5-7-10/h3-7H,2H2,1H3. The predicted molar refractivity (Wildman–Crippen MR) is 57.7 cm³/mol. The van der Waals surface area contributed by atoms with Crippen LogP contribution in [0.15, 0.2) is 30.3 Å². The first-order valence-corrected chi connectivity index (χ1v) is 6.47. The van der Waals surface area contributed by atoms with E-state index in [9.17, 15) is 0 Å². The zero-order valence-electron chi connectivity index (χ0n) is 6.91. The van der Waals surface area contributed by atoms with E-state index in [1.807, 2.05) is 6.07 Å². The van der Waals surface area contributed by atoms with Gasteiger partial charge in [-0.1, -0.05) is 0 Å². The fourth-order valence-corrected chi connectivity index (χ4v) is 2.41. The van der Waals surface area contributed by atoms with Crippen LogP contribution in [0.5, 0.6) is 0 Å². The van der Waals surface area contributed by atoms with E-state index < -0.39 is 0 Å². The Balaban J connectivity index is 2.40. The Morgan fingerprint density at radius 2 is 2.08 bits per heavy atom. The maximum atomic E-state index is 3.18. The van der Waals surface area contributed by atoms with E-state index in [2.05, 4.69) is 41.3 Å². The second kappa shape index (κ2) is 6.20. The summed E-state index contributed by atoms with van der Waals surface area (Å²) in [7, 11) is 0. The molecule has 0 N–H and O–H groups in total. The number of rotatable bonds is 2. The van der Waals surface area contributed by atoms with Crippen molar-refractivity contribution in [1.82, 2.24) is 0 Å². The van der Waals surface area contributed by atoms with E-state index in [1.165, 1.54) is 4.46 Å². The fourth-order valence-electron chi connectivity index (χ4n) is 0.670. The van der Waals surface area contributed by atoms with Gasteiger partial charge in [0.1, 0.15) is 0 Å². The zero-order chi connectivity index (χ0) is 8.65. The Hall–Kier alpha value is -0.351. The monoisotopic (exact) mass is 242 g/mol. The molecule has 0 bridgehead atoms. The maximum absolute atomic E-state index is 3.18. The first-order valence-electron chi connectivity index (χ1n) is 3.77. The summed E-state index contributed by atoms with van der Waals surface area (Å²) in [5.41, 5.74) is 0. The topological polar surface area (TPSA) is 0 Å². The molecule has 2 heteroatoms. The molecular formula is C10H10SSe. The Kier molecular flexibility index (Phi) is 5.03. The van der Waals surface area contributed by atoms with E-state index in [1.54, 1.807) is 11.8 Å². The molecule has 0 saturated heterocycles. The molecule has 62 valence electrons. The summed E-state index contributed by atoms with van der Waals surface area (Å²) in [6.07, 6.45) is 0. The van der Waals surface area contributed by atoms with Crippen molar-refractivity contribution in [3.63, 3.8) is 0 Å². The van der Waals surface area contributed by atoms with Crippen LogP contribution in [0.4, 0.5) is 0 Å². The van der Waals surface area contributed by atoms with Gasteiger partial charge in [-0.05, 0) is 0 Å². The molecule has 0 atom stereocenters. The van der Waals surface area contributed by atoms with E-state index in [4.69, 9.17) is 0 Å². The summed E-state index contributed by atoms with van der Waals surface area (Å²) >= 11 is 2.02. The van der Waals surface area contributed by atoms with Crippen LogP contribution in [0.25, 0.3) is 0 Å². The van der Waals surface area contributed by atoms with E-state index in [0.29, 0.717) is 15.0 Å². The first kappa shape index (κ1) is 9.74. The normalized spacial score (nSPS) is 8.75. The van der Waals surface area contributed by atoms with Crippen molar-refractivity contribution in [3.8, 4) is 10.1 Å². The van der Waals surface area contributed by atoms with Gasteiger partial charge < -0.3 is 0 Å². The summed E-state index contributed by atoms with van der Waals surface area (Å²) in [6.45, 7) is 2.12. The Morgan fingerprint density at radius 1 is 1.33 bits per heavy atom. The third-order valence-corrected chi connectivity index (χ3v) is 3.49. The Labute approximate surface area is 84.3 Å². The van der Waals surface area contributed by atoms with Crippen LogP contribution in [0.1, 0.15) is 6.92 Å². The summed E-state index contributed by atoms with van der Waals surface area (Å²) in [5.74, 6) is 1.08. The van der Waals surface area contributed by atoms with Crippen LogP contribution in [0.2, 0.25) is 0 Å². The van der Waals surface area contributed by atoms with Crippen molar-refractivity contribution in [2.24, 2.45) is 0 Å². The average Bonchev–Trinajstić information content (AvgIpc) is 2.14. The predicted octanol–water partition coefficient (Wildman–Crippen LogP) is 1.69. The van der Waals surface area contributed by atoms with Gasteiger partial charge in [-0.15, -0.1) is 0 Å². The van der Waals surface area contributed by atoms with Crippen LogP contribution in [0, 0.1) is 10.1 Å². The van der Waals surface area contributed by atoms with Crippen LogP contribution in [0.3, 0.4) is 0 Å². The summed E-state index contributed by atoms with van der Waals surface area (Å²) in [6, 6.07) is 10.4. The minimum atomic E-state index is 0.337. The molecule has 0 heterocycles. The van der Waals surface area contributed by atoms with Gasteiger partial charge in [-0.25, -0.2) is 0 Å². The molecule has 0 aliphatic heterocycles. The van der Waals surface area contributed by atoms with Crippen molar-refractivity contribution in [2.75, 3.05) is 5.75 Å². The summed E-state index contributed by atoms with van der Waals surface area (Å²) in [5, 5.41) is 3.08. The number of hydrogen-bond acceptors (Lipinski definition) is 1. The fraction of sp³-hybridized carbons (Fsp3) is 0.200. The van der Waals surface area contributed by atoms with Crippen LogP contribution >= 0.6 is 11.8 Å². The molecule has 0 fully saturated rings. The van der Waals surface area contributed by atoms with E-state index in [0.717, 1.165) is 5.75 Å². The molecule has 0 radical (unpaired) electrons. The van der Waals surface area contributed by atoms with Gasteiger partial charge in [0, 0.05) is 0 Å². The van der Waals surface area contributed by atoms with Crippen LogP contribution < -0.4 is 4.46 Å². The number of thioether (sulfide) groups is 1. The third kappa shape index (κ3) is 3.87. The van der Waals surface area contributed by atoms with Gasteiger partial charge in [0.25, 0.3) is 0 Å². The van der Waals surface area contributed by atoms with Gasteiger partial charge in [0.2, 0.25) is 0 Å². The third-order valence-electron chi connectivity index (χ3n) is 1.17.